The Balaban J connectivity index is 2.87. The van der Waals surface area contributed by atoms with Crippen LogP contribution in [0.1, 0.15) is 0 Å². The number of nitrogen functional groups attached to an aromatic ring is 1. The minimum Gasteiger partial charge on any atom is -0.398 e. The zero-order valence-electron chi connectivity index (χ0n) is 5.54. The monoisotopic (exact) mass is 228 g/mol. The Bertz CT molecular complexity index is 396. The highest BCUT2D eigenvalue weighted by Gasteiger charge is 2.00. The molecule has 56 valence electrons. The fourth-order valence-corrected chi connectivity index (χ4v) is 2.02. The molecule has 2 aromatic heterocycles. The van der Waals surface area contributed by atoms with Crippen molar-refractivity contribution in [1.29, 1.82) is 0 Å². The average molecular weight is 229 g/mol. The topological polar surface area (TPSA) is 38.9 Å². The minimum atomic E-state index is 0.804. The Hall–Kier alpha value is -0.610. The second-order valence-electron chi connectivity index (χ2n) is 2.20. The Morgan fingerprint density at radius 3 is 3.18 bits per heavy atom. The lowest BCUT2D eigenvalue weighted by atomic mass is 10.3. The number of hydrogen-bond acceptors (Lipinski definition) is 3. The van der Waals surface area contributed by atoms with E-state index < -0.39 is 0 Å². The van der Waals surface area contributed by atoms with Crippen molar-refractivity contribution < 1.29 is 0 Å². The van der Waals surface area contributed by atoms with E-state index in [0.29, 0.717) is 0 Å². The maximum absolute atomic E-state index is 5.69. The molecule has 0 unspecified atom stereocenters. The first kappa shape index (κ1) is 7.06. The molecule has 0 bridgehead atoms. The van der Waals surface area contributed by atoms with Gasteiger partial charge in [0.25, 0.3) is 0 Å². The van der Waals surface area contributed by atoms with E-state index in [1.54, 1.807) is 17.5 Å². The van der Waals surface area contributed by atoms with Gasteiger partial charge in [0.05, 0.1) is 5.69 Å². The smallest absolute Gasteiger partial charge is 0.125 e. The van der Waals surface area contributed by atoms with E-state index in [-0.39, 0.29) is 0 Å². The highest BCUT2D eigenvalue weighted by atomic mass is 79.9. The molecule has 0 saturated carbocycles. The highest BCUT2D eigenvalue weighted by Crippen LogP contribution is 2.27. The molecule has 0 radical (unpaired) electrons. The van der Waals surface area contributed by atoms with E-state index in [0.717, 1.165) is 20.4 Å². The third-order valence-corrected chi connectivity index (χ3v) is 2.78. The van der Waals surface area contributed by atoms with Crippen LogP contribution in [0.5, 0.6) is 0 Å². The number of pyridine rings is 1. The van der Waals surface area contributed by atoms with Gasteiger partial charge in [-0.1, -0.05) is 0 Å². The van der Waals surface area contributed by atoms with E-state index in [1.165, 1.54) is 0 Å². The van der Waals surface area contributed by atoms with Crippen molar-refractivity contribution in [2.45, 2.75) is 0 Å². The zero-order valence-corrected chi connectivity index (χ0v) is 7.95. The predicted octanol–water partition coefficient (Wildman–Crippen LogP) is 2.64. The standard InChI is InChI=1S/C7H5BrN2S/c8-4-1-5-6(9)3-11-7(5)10-2-4/h1-3H,9H2. The van der Waals surface area contributed by atoms with Gasteiger partial charge >= 0.3 is 0 Å². The fourth-order valence-electron chi connectivity index (χ4n) is 0.910. The molecule has 2 rings (SSSR count). The first-order chi connectivity index (χ1) is 5.27. The number of nitrogens with zero attached hydrogens (tertiary/aromatic N) is 1. The number of nitrogens with two attached hydrogens (primary N) is 1. The first-order valence-electron chi connectivity index (χ1n) is 3.05. The molecule has 0 atom stereocenters. The molecular weight excluding hydrogens is 224 g/mol. The van der Waals surface area contributed by atoms with Crippen LogP contribution in [0, 0.1) is 0 Å². The van der Waals surface area contributed by atoms with Gasteiger partial charge in [-0.15, -0.1) is 11.3 Å². The van der Waals surface area contributed by atoms with Gasteiger partial charge in [0.1, 0.15) is 4.83 Å². The van der Waals surface area contributed by atoms with Gasteiger partial charge in [-0.05, 0) is 22.0 Å². The molecule has 4 heteroatoms. The van der Waals surface area contributed by atoms with Crippen molar-refractivity contribution in [3.05, 3.63) is 22.1 Å². The average Bonchev–Trinajstić information content (AvgIpc) is 2.33. The van der Waals surface area contributed by atoms with Crippen LogP contribution in [-0.2, 0) is 0 Å². The number of anilines is 1. The summed E-state index contributed by atoms with van der Waals surface area (Å²) < 4.78 is 0.968. The van der Waals surface area contributed by atoms with Crippen LogP contribution < -0.4 is 5.73 Å². The molecule has 0 spiro atoms. The van der Waals surface area contributed by atoms with Crippen molar-refractivity contribution in [2.75, 3.05) is 5.73 Å². The van der Waals surface area contributed by atoms with Crippen LogP contribution in [0.25, 0.3) is 10.2 Å². The molecule has 0 aliphatic rings. The minimum absolute atomic E-state index is 0.804. The van der Waals surface area contributed by atoms with E-state index in [9.17, 15) is 0 Å². The van der Waals surface area contributed by atoms with Crippen LogP contribution in [0.4, 0.5) is 5.69 Å². The maximum Gasteiger partial charge on any atom is 0.125 e. The molecule has 2 aromatic rings. The summed E-state index contributed by atoms with van der Waals surface area (Å²) in [5.41, 5.74) is 6.50. The maximum atomic E-state index is 5.69. The van der Waals surface area contributed by atoms with Gasteiger partial charge in [0.2, 0.25) is 0 Å². The first-order valence-corrected chi connectivity index (χ1v) is 4.73. The lowest BCUT2D eigenvalue weighted by molar-refractivity contribution is 1.42. The van der Waals surface area contributed by atoms with Gasteiger partial charge in [-0.3, -0.25) is 0 Å². The van der Waals surface area contributed by atoms with Gasteiger partial charge in [0, 0.05) is 21.4 Å². The molecule has 0 saturated heterocycles. The summed E-state index contributed by atoms with van der Waals surface area (Å²) in [5.74, 6) is 0. The summed E-state index contributed by atoms with van der Waals surface area (Å²) in [5, 5.41) is 2.94. The lowest BCUT2D eigenvalue weighted by Gasteiger charge is -1.90. The summed E-state index contributed by atoms with van der Waals surface area (Å²) in [6.07, 6.45) is 1.78. The number of thiophene rings is 1. The molecule has 2 nitrogen and oxygen atoms in total. The van der Waals surface area contributed by atoms with Crippen molar-refractivity contribution in [2.24, 2.45) is 0 Å². The quantitative estimate of drug-likeness (QED) is 0.754. The van der Waals surface area contributed by atoms with Gasteiger partial charge in [0.15, 0.2) is 0 Å². The normalized spacial score (nSPS) is 10.6. The lowest BCUT2D eigenvalue weighted by Crippen LogP contribution is -1.80. The number of halogens is 1. The van der Waals surface area contributed by atoms with Crippen LogP contribution >= 0.6 is 27.3 Å². The third kappa shape index (κ3) is 1.12. The summed E-state index contributed by atoms with van der Waals surface area (Å²) in [6.45, 7) is 0. The van der Waals surface area contributed by atoms with Crippen LogP contribution in [-0.4, -0.2) is 4.98 Å². The van der Waals surface area contributed by atoms with E-state index >= 15 is 0 Å². The van der Waals surface area contributed by atoms with Crippen molar-refractivity contribution >= 4 is 43.2 Å². The van der Waals surface area contributed by atoms with Gasteiger partial charge < -0.3 is 5.73 Å². The number of fused-ring (bicyclic) bond motifs is 1. The molecule has 0 fully saturated rings. The summed E-state index contributed by atoms with van der Waals surface area (Å²) in [4.78, 5) is 5.18. The van der Waals surface area contributed by atoms with E-state index in [4.69, 9.17) is 5.73 Å². The van der Waals surface area contributed by atoms with E-state index in [1.807, 2.05) is 11.4 Å². The SMILES string of the molecule is Nc1csc2ncc(Br)cc12. The third-order valence-electron chi connectivity index (χ3n) is 1.43. The molecule has 2 heterocycles. The van der Waals surface area contributed by atoms with E-state index in [2.05, 4.69) is 20.9 Å². The summed E-state index contributed by atoms with van der Waals surface area (Å²) in [7, 11) is 0. The second kappa shape index (κ2) is 2.46. The fraction of sp³-hybridized carbons (Fsp3) is 0. The Morgan fingerprint density at radius 2 is 2.36 bits per heavy atom. The molecule has 0 amide bonds. The van der Waals surface area contributed by atoms with Gasteiger partial charge in [-0.25, -0.2) is 4.98 Å². The Labute approximate surface area is 76.2 Å². The molecule has 0 aliphatic heterocycles. The molecule has 11 heavy (non-hydrogen) atoms. The van der Waals surface area contributed by atoms with Crippen molar-refractivity contribution in [3.8, 4) is 0 Å². The number of hydrogen-bond donors (Lipinski definition) is 1. The van der Waals surface area contributed by atoms with Gasteiger partial charge in [-0.2, -0.15) is 0 Å². The second-order valence-corrected chi connectivity index (χ2v) is 3.97. The highest BCUT2D eigenvalue weighted by molar-refractivity contribution is 9.10. The Kier molecular flexibility index (Phi) is 1.58. The van der Waals surface area contributed by atoms with Crippen LogP contribution in [0.15, 0.2) is 22.1 Å². The summed E-state index contributed by atoms with van der Waals surface area (Å²) >= 11 is 4.90. The van der Waals surface area contributed by atoms with Crippen LogP contribution in [0.2, 0.25) is 0 Å². The Morgan fingerprint density at radius 1 is 1.55 bits per heavy atom. The number of rotatable bonds is 0. The molecule has 2 N–H and O–H groups in total. The molecule has 0 aliphatic carbocycles. The van der Waals surface area contributed by atoms with Crippen molar-refractivity contribution in [1.82, 2.24) is 4.98 Å². The van der Waals surface area contributed by atoms with Crippen molar-refractivity contribution in [3.63, 3.8) is 0 Å². The summed E-state index contributed by atoms with van der Waals surface area (Å²) in [6, 6.07) is 1.98. The zero-order chi connectivity index (χ0) is 7.84. The van der Waals surface area contributed by atoms with Crippen LogP contribution in [0.3, 0.4) is 0 Å². The molecule has 0 aromatic carbocycles. The predicted molar refractivity (Wildman–Crippen MR) is 51.7 cm³/mol. The molecular formula is C7H5BrN2S. The largest absolute Gasteiger partial charge is 0.398 e. The number of aromatic nitrogens is 1.